The topological polar surface area (TPSA) is 21.3 Å². The Balaban J connectivity index is 1.29. The number of fused-ring (bicyclic) bond motifs is 10. The van der Waals surface area contributed by atoms with Gasteiger partial charge in [0, 0.05) is 38.8 Å². The van der Waals surface area contributed by atoms with E-state index in [1.165, 1.54) is 49.9 Å². The van der Waals surface area contributed by atoms with Gasteiger partial charge in [-0.2, -0.15) is 0 Å². The van der Waals surface area contributed by atoms with Crippen molar-refractivity contribution < 1.29 is 4.42 Å². The molecule has 6 aromatic carbocycles. The molecule has 2 unspecified atom stereocenters. The molecule has 0 spiro atoms. The summed E-state index contributed by atoms with van der Waals surface area (Å²) in [4.78, 5) is 2.58. The van der Waals surface area contributed by atoms with E-state index < -0.39 is 0 Å². The molecule has 0 saturated carbocycles. The molecule has 0 saturated heterocycles. The van der Waals surface area contributed by atoms with Crippen LogP contribution in [0.25, 0.3) is 60.6 Å². The molecule has 1 aliphatic heterocycles. The maximum absolute atomic E-state index is 6.23. The number of nitrogens with zero attached hydrogens (tertiary/aromatic N) is 2. The van der Waals surface area contributed by atoms with Crippen molar-refractivity contribution in [2.24, 2.45) is 0 Å². The molecular formula is C42H28N2O. The lowest BCUT2D eigenvalue weighted by Gasteiger charge is -2.29. The van der Waals surface area contributed by atoms with Crippen molar-refractivity contribution in [1.29, 1.82) is 0 Å². The van der Waals surface area contributed by atoms with Gasteiger partial charge >= 0.3 is 0 Å². The lowest BCUT2D eigenvalue weighted by atomic mass is 9.91. The number of para-hydroxylation sites is 2. The lowest BCUT2D eigenvalue weighted by Crippen LogP contribution is -2.28. The summed E-state index contributed by atoms with van der Waals surface area (Å²) in [5, 5.41) is 4.79. The monoisotopic (exact) mass is 576 g/mol. The highest BCUT2D eigenvalue weighted by Gasteiger charge is 2.40. The van der Waals surface area contributed by atoms with Crippen molar-refractivity contribution in [3.63, 3.8) is 0 Å². The van der Waals surface area contributed by atoms with E-state index in [1.807, 2.05) is 12.1 Å². The van der Waals surface area contributed by atoms with E-state index in [9.17, 15) is 0 Å². The minimum atomic E-state index is 0.188. The molecule has 3 nitrogen and oxygen atoms in total. The number of benzene rings is 6. The third-order valence-electron chi connectivity index (χ3n) is 9.70. The highest BCUT2D eigenvalue weighted by atomic mass is 16.3. The fourth-order valence-corrected chi connectivity index (χ4v) is 7.75. The first kappa shape index (κ1) is 24.6. The molecule has 0 bridgehead atoms. The van der Waals surface area contributed by atoms with Crippen molar-refractivity contribution in [1.82, 2.24) is 4.57 Å². The van der Waals surface area contributed by atoms with Crippen molar-refractivity contribution in [2.75, 3.05) is 4.90 Å². The number of aromatic nitrogens is 1. The minimum Gasteiger partial charge on any atom is -0.456 e. The van der Waals surface area contributed by atoms with E-state index in [0.717, 1.165) is 27.6 Å². The fourth-order valence-electron chi connectivity index (χ4n) is 7.75. The largest absolute Gasteiger partial charge is 0.456 e. The molecule has 45 heavy (non-hydrogen) atoms. The Hall–Kier alpha value is -5.80. The standard InChI is InChI=1S/C42H28N2O/c1-2-11-27(12-3-1)28-13-10-14-29(25-28)43-37-18-7-4-15-31(37)34-22-23-35-32-16-5-8-19-38(32)44(42(35)41(34)43)30-21-24-40-36(26-30)33-17-6-9-20-39(33)45-40/h1-26,31,37H. The molecule has 10 rings (SSSR count). The Kier molecular flexibility index (Phi) is 5.11. The van der Waals surface area contributed by atoms with Crippen molar-refractivity contribution in [3.05, 3.63) is 163 Å². The molecule has 1 aliphatic carbocycles. The van der Waals surface area contributed by atoms with E-state index >= 15 is 0 Å². The molecule has 8 aromatic rings. The smallest absolute Gasteiger partial charge is 0.135 e. The van der Waals surface area contributed by atoms with Gasteiger partial charge in [-0.15, -0.1) is 0 Å². The van der Waals surface area contributed by atoms with Gasteiger partial charge in [-0.1, -0.05) is 115 Å². The Morgan fingerprint density at radius 1 is 0.511 bits per heavy atom. The fraction of sp³-hybridized carbons (Fsp3) is 0.0476. The molecule has 3 heteroatoms. The van der Waals surface area contributed by atoms with Gasteiger partial charge < -0.3 is 13.9 Å². The van der Waals surface area contributed by atoms with Crippen LogP contribution in [0.4, 0.5) is 11.4 Å². The second kappa shape index (κ2) is 9.35. The Bertz CT molecular complexity index is 2510. The van der Waals surface area contributed by atoms with Crippen LogP contribution in [0.2, 0.25) is 0 Å². The van der Waals surface area contributed by atoms with Gasteiger partial charge in [-0.25, -0.2) is 0 Å². The van der Waals surface area contributed by atoms with Gasteiger partial charge in [-0.05, 0) is 59.2 Å². The third kappa shape index (κ3) is 3.52. The molecule has 0 radical (unpaired) electrons. The van der Waals surface area contributed by atoms with Gasteiger partial charge in [0.25, 0.3) is 0 Å². The number of anilines is 2. The first-order chi connectivity index (χ1) is 22.3. The first-order valence-corrected chi connectivity index (χ1v) is 15.6. The van der Waals surface area contributed by atoms with Crippen LogP contribution in [0.3, 0.4) is 0 Å². The van der Waals surface area contributed by atoms with Crippen molar-refractivity contribution in [3.8, 4) is 16.8 Å². The first-order valence-electron chi connectivity index (χ1n) is 15.6. The number of hydrogen-bond donors (Lipinski definition) is 0. The molecule has 2 aliphatic rings. The van der Waals surface area contributed by atoms with E-state index in [4.69, 9.17) is 4.42 Å². The van der Waals surface area contributed by atoms with Crippen LogP contribution in [0, 0.1) is 0 Å². The maximum Gasteiger partial charge on any atom is 0.135 e. The van der Waals surface area contributed by atoms with E-state index in [0.29, 0.717) is 0 Å². The lowest BCUT2D eigenvalue weighted by molar-refractivity contribution is 0.669. The van der Waals surface area contributed by atoms with E-state index in [-0.39, 0.29) is 12.0 Å². The average molecular weight is 577 g/mol. The number of rotatable bonds is 3. The summed E-state index contributed by atoms with van der Waals surface area (Å²) in [6.07, 6.45) is 9.13. The van der Waals surface area contributed by atoms with Crippen molar-refractivity contribution >= 4 is 55.1 Å². The summed E-state index contributed by atoms with van der Waals surface area (Å²) >= 11 is 0. The normalized spacial score (nSPS) is 17.1. The van der Waals surface area contributed by atoms with Gasteiger partial charge in [0.05, 0.1) is 22.8 Å². The SMILES string of the molecule is C1=CC2c3ccc4c5ccccc5n(-c5ccc6oc7ccccc7c6c5)c4c3N(c3cccc(-c4ccccc4)c3)C2C=C1. The Labute approximate surface area is 260 Å². The highest BCUT2D eigenvalue weighted by molar-refractivity contribution is 6.15. The Morgan fingerprint density at radius 2 is 1.29 bits per heavy atom. The summed E-state index contributed by atoms with van der Waals surface area (Å²) in [5.74, 6) is 0.265. The third-order valence-corrected chi connectivity index (χ3v) is 9.70. The molecule has 0 amide bonds. The summed E-state index contributed by atoms with van der Waals surface area (Å²) in [6, 6.07) is 48.4. The van der Waals surface area contributed by atoms with Gasteiger partial charge in [0.15, 0.2) is 0 Å². The van der Waals surface area contributed by atoms with Gasteiger partial charge in [0.1, 0.15) is 11.2 Å². The van der Waals surface area contributed by atoms with Crippen LogP contribution < -0.4 is 4.90 Å². The predicted octanol–water partition coefficient (Wildman–Crippen LogP) is 11.1. The molecule has 2 aromatic heterocycles. The van der Waals surface area contributed by atoms with Crippen LogP contribution in [0.5, 0.6) is 0 Å². The van der Waals surface area contributed by atoms with Crippen LogP contribution in [-0.2, 0) is 0 Å². The number of hydrogen-bond acceptors (Lipinski definition) is 2. The van der Waals surface area contributed by atoms with Crippen LogP contribution in [0.1, 0.15) is 11.5 Å². The molecule has 3 heterocycles. The zero-order valence-corrected chi connectivity index (χ0v) is 24.5. The second-order valence-corrected chi connectivity index (χ2v) is 12.1. The minimum absolute atomic E-state index is 0.188. The predicted molar refractivity (Wildman–Crippen MR) is 187 cm³/mol. The van der Waals surface area contributed by atoms with Crippen LogP contribution >= 0.6 is 0 Å². The molecule has 0 fully saturated rings. The average Bonchev–Trinajstić information content (AvgIpc) is 3.76. The van der Waals surface area contributed by atoms with Crippen LogP contribution in [-0.4, -0.2) is 10.6 Å². The summed E-state index contributed by atoms with van der Waals surface area (Å²) in [7, 11) is 0. The summed E-state index contributed by atoms with van der Waals surface area (Å²) < 4.78 is 8.70. The molecule has 0 N–H and O–H groups in total. The second-order valence-electron chi connectivity index (χ2n) is 12.1. The zero-order chi connectivity index (χ0) is 29.5. The van der Waals surface area contributed by atoms with Crippen molar-refractivity contribution in [2.45, 2.75) is 12.0 Å². The molecule has 2 atom stereocenters. The highest BCUT2D eigenvalue weighted by Crippen LogP contribution is 2.53. The van der Waals surface area contributed by atoms with E-state index in [1.54, 1.807) is 0 Å². The number of allylic oxidation sites excluding steroid dienone is 2. The number of furan rings is 1. The quantitative estimate of drug-likeness (QED) is 0.209. The van der Waals surface area contributed by atoms with Gasteiger partial charge in [-0.3, -0.25) is 0 Å². The summed E-state index contributed by atoms with van der Waals surface area (Å²) in [5.41, 5.74) is 11.7. The Morgan fingerprint density at radius 3 is 2.22 bits per heavy atom. The summed E-state index contributed by atoms with van der Waals surface area (Å²) in [6.45, 7) is 0. The molecule has 212 valence electrons. The van der Waals surface area contributed by atoms with E-state index in [2.05, 4.69) is 155 Å². The van der Waals surface area contributed by atoms with Crippen LogP contribution in [0.15, 0.2) is 162 Å². The molecular weight excluding hydrogens is 548 g/mol. The maximum atomic E-state index is 6.23. The van der Waals surface area contributed by atoms with Gasteiger partial charge in [0.2, 0.25) is 0 Å². The zero-order valence-electron chi connectivity index (χ0n) is 24.5.